The summed E-state index contributed by atoms with van der Waals surface area (Å²) in [6.07, 6.45) is 2.01. The van der Waals surface area contributed by atoms with Crippen LogP contribution < -0.4 is 10.3 Å². The lowest BCUT2D eigenvalue weighted by Crippen LogP contribution is -2.41. The molecule has 0 fully saturated rings. The standard InChI is InChI=1S/C13H13FN2O6S2/c1-8-10(5-6-22-8)13(17)15-16-24(20,21)9-3-4-11(14)12(7-9)23(2,18)19/h3-7,16H,1-2H3,(H,15,17). The fourth-order valence-corrected chi connectivity index (χ4v) is 3.50. The van der Waals surface area contributed by atoms with E-state index in [1.54, 1.807) is 4.83 Å². The molecule has 2 N–H and O–H groups in total. The van der Waals surface area contributed by atoms with Crippen molar-refractivity contribution in [2.45, 2.75) is 16.7 Å². The normalized spacial score (nSPS) is 12.1. The second-order valence-corrected chi connectivity index (χ2v) is 8.48. The molecule has 0 aliphatic rings. The van der Waals surface area contributed by atoms with Crippen LogP contribution in [-0.2, 0) is 19.9 Å². The van der Waals surface area contributed by atoms with Gasteiger partial charge in [0.15, 0.2) is 9.84 Å². The van der Waals surface area contributed by atoms with Crippen LogP contribution in [0.2, 0.25) is 0 Å². The second-order valence-electron chi connectivity index (χ2n) is 4.81. The molecule has 0 saturated carbocycles. The molecule has 0 spiro atoms. The van der Waals surface area contributed by atoms with Gasteiger partial charge in [0.2, 0.25) is 0 Å². The predicted molar refractivity (Wildman–Crippen MR) is 80.7 cm³/mol. The van der Waals surface area contributed by atoms with Gasteiger partial charge in [0.25, 0.3) is 15.9 Å². The molecule has 11 heteroatoms. The summed E-state index contributed by atoms with van der Waals surface area (Å²) in [4.78, 5) is 12.4. The van der Waals surface area contributed by atoms with Crippen LogP contribution in [0.25, 0.3) is 0 Å². The number of aryl methyl sites for hydroxylation is 1. The van der Waals surface area contributed by atoms with Gasteiger partial charge in [0.1, 0.15) is 16.5 Å². The SMILES string of the molecule is Cc1occc1C(=O)NNS(=O)(=O)c1ccc(F)c(S(C)(=O)=O)c1. The van der Waals surface area contributed by atoms with E-state index in [0.717, 1.165) is 12.3 Å². The van der Waals surface area contributed by atoms with Gasteiger partial charge >= 0.3 is 0 Å². The van der Waals surface area contributed by atoms with E-state index in [2.05, 4.69) is 0 Å². The zero-order valence-corrected chi connectivity index (χ0v) is 14.2. The van der Waals surface area contributed by atoms with Gasteiger partial charge in [-0.05, 0) is 31.2 Å². The van der Waals surface area contributed by atoms with E-state index in [-0.39, 0.29) is 11.3 Å². The summed E-state index contributed by atoms with van der Waals surface area (Å²) in [5.74, 6) is -1.56. The third-order valence-electron chi connectivity index (χ3n) is 3.01. The number of amides is 1. The van der Waals surface area contributed by atoms with Crippen molar-refractivity contribution in [3.63, 3.8) is 0 Å². The lowest BCUT2D eigenvalue weighted by molar-refractivity contribution is 0.0943. The highest BCUT2D eigenvalue weighted by Crippen LogP contribution is 2.19. The van der Waals surface area contributed by atoms with Crippen LogP contribution in [-0.4, -0.2) is 29.0 Å². The molecule has 0 bridgehead atoms. The van der Waals surface area contributed by atoms with E-state index in [4.69, 9.17) is 4.42 Å². The first-order valence-corrected chi connectivity index (χ1v) is 9.75. The minimum absolute atomic E-state index is 0.119. The molecule has 1 heterocycles. The van der Waals surface area contributed by atoms with Gasteiger partial charge < -0.3 is 4.42 Å². The average molecular weight is 376 g/mol. The molecule has 0 atom stereocenters. The number of furan rings is 1. The van der Waals surface area contributed by atoms with Gasteiger partial charge in [-0.3, -0.25) is 10.2 Å². The molecule has 1 aromatic carbocycles. The van der Waals surface area contributed by atoms with Gasteiger partial charge in [-0.15, -0.1) is 4.83 Å². The molecule has 2 rings (SSSR count). The van der Waals surface area contributed by atoms with Gasteiger partial charge in [-0.25, -0.2) is 21.2 Å². The Morgan fingerprint density at radius 1 is 1.17 bits per heavy atom. The number of carbonyl (C=O) groups is 1. The molecule has 0 unspecified atom stereocenters. The molecule has 0 radical (unpaired) electrons. The highest BCUT2D eigenvalue weighted by atomic mass is 32.2. The maximum Gasteiger partial charge on any atom is 0.269 e. The Bertz CT molecular complexity index is 995. The molecule has 8 nitrogen and oxygen atoms in total. The predicted octanol–water partition coefficient (Wildman–Crippen LogP) is 0.754. The summed E-state index contributed by atoms with van der Waals surface area (Å²) in [7, 11) is -8.26. The summed E-state index contributed by atoms with van der Waals surface area (Å²) in [5.41, 5.74) is 2.08. The van der Waals surface area contributed by atoms with Crippen LogP contribution in [0.5, 0.6) is 0 Å². The minimum atomic E-state index is -4.30. The van der Waals surface area contributed by atoms with Crippen LogP contribution >= 0.6 is 0 Å². The van der Waals surface area contributed by atoms with E-state index >= 15 is 0 Å². The number of hydrogen-bond donors (Lipinski definition) is 2. The summed E-state index contributed by atoms with van der Waals surface area (Å²) in [6, 6.07) is 3.61. The van der Waals surface area contributed by atoms with Gasteiger partial charge in [0, 0.05) is 6.26 Å². The number of rotatable bonds is 5. The Labute approximate surface area is 137 Å². The monoisotopic (exact) mass is 376 g/mol. The van der Waals surface area contributed by atoms with Gasteiger partial charge in [0.05, 0.1) is 16.7 Å². The van der Waals surface area contributed by atoms with E-state index in [1.807, 2.05) is 5.43 Å². The fraction of sp³-hybridized carbons (Fsp3) is 0.154. The Balaban J connectivity index is 2.25. The third kappa shape index (κ3) is 3.80. The molecule has 0 aliphatic heterocycles. The molecule has 1 amide bonds. The van der Waals surface area contributed by atoms with Crippen molar-refractivity contribution in [2.24, 2.45) is 0 Å². The van der Waals surface area contributed by atoms with E-state index in [9.17, 15) is 26.0 Å². The first-order chi connectivity index (χ1) is 11.0. The number of carbonyl (C=O) groups excluding carboxylic acids is 1. The van der Waals surface area contributed by atoms with Crippen molar-refractivity contribution in [3.05, 3.63) is 47.7 Å². The Morgan fingerprint density at radius 3 is 2.38 bits per heavy atom. The van der Waals surface area contributed by atoms with Crippen LogP contribution in [0.15, 0.2) is 44.7 Å². The maximum absolute atomic E-state index is 13.5. The molecule has 2 aromatic rings. The Hall–Kier alpha value is -2.24. The molecule has 0 saturated heterocycles. The van der Waals surface area contributed by atoms with E-state index in [0.29, 0.717) is 12.1 Å². The van der Waals surface area contributed by atoms with E-state index < -0.39 is 41.4 Å². The number of hydrogen-bond acceptors (Lipinski definition) is 6. The smallest absolute Gasteiger partial charge is 0.269 e. The topological polar surface area (TPSA) is 123 Å². The van der Waals surface area contributed by atoms with Crippen molar-refractivity contribution in [1.29, 1.82) is 0 Å². The summed E-state index contributed by atoms with van der Waals surface area (Å²) < 4.78 is 65.6. The highest BCUT2D eigenvalue weighted by Gasteiger charge is 2.22. The fourth-order valence-electron chi connectivity index (χ4n) is 1.80. The second kappa shape index (κ2) is 6.34. The van der Waals surface area contributed by atoms with Crippen molar-refractivity contribution in [1.82, 2.24) is 10.3 Å². The molecule has 130 valence electrons. The minimum Gasteiger partial charge on any atom is -0.469 e. The molecule has 24 heavy (non-hydrogen) atoms. The number of benzene rings is 1. The number of halogens is 1. The summed E-state index contributed by atoms with van der Waals surface area (Å²) in [6.45, 7) is 1.52. The molecular formula is C13H13FN2O6S2. The van der Waals surface area contributed by atoms with Gasteiger partial charge in [-0.1, -0.05) is 0 Å². The lowest BCUT2D eigenvalue weighted by atomic mass is 10.2. The van der Waals surface area contributed by atoms with Gasteiger partial charge in [-0.2, -0.15) is 0 Å². The Kier molecular flexibility index (Phi) is 4.78. The first-order valence-electron chi connectivity index (χ1n) is 6.38. The third-order valence-corrected chi connectivity index (χ3v) is 5.37. The number of sulfone groups is 1. The number of nitrogens with one attached hydrogen (secondary N) is 2. The van der Waals surface area contributed by atoms with Crippen LogP contribution in [0.4, 0.5) is 4.39 Å². The lowest BCUT2D eigenvalue weighted by Gasteiger charge is -2.09. The van der Waals surface area contributed by atoms with Crippen LogP contribution in [0, 0.1) is 12.7 Å². The number of sulfonamides is 1. The van der Waals surface area contributed by atoms with E-state index in [1.165, 1.54) is 19.3 Å². The maximum atomic E-state index is 13.5. The zero-order chi connectivity index (χ0) is 18.1. The largest absolute Gasteiger partial charge is 0.469 e. The first kappa shape index (κ1) is 18.1. The molecule has 0 aliphatic carbocycles. The Morgan fingerprint density at radius 2 is 1.83 bits per heavy atom. The number of hydrazine groups is 1. The zero-order valence-electron chi connectivity index (χ0n) is 12.5. The van der Waals surface area contributed by atoms with Crippen molar-refractivity contribution < 1.29 is 30.4 Å². The van der Waals surface area contributed by atoms with Crippen LogP contribution in [0.3, 0.4) is 0 Å². The quantitative estimate of drug-likeness (QED) is 0.743. The van der Waals surface area contributed by atoms with Crippen molar-refractivity contribution in [2.75, 3.05) is 6.26 Å². The molecular weight excluding hydrogens is 363 g/mol. The molecule has 1 aromatic heterocycles. The summed E-state index contributed by atoms with van der Waals surface area (Å²) in [5, 5.41) is 0. The summed E-state index contributed by atoms with van der Waals surface area (Å²) >= 11 is 0. The highest BCUT2D eigenvalue weighted by molar-refractivity contribution is 7.91. The van der Waals surface area contributed by atoms with Crippen LogP contribution in [0.1, 0.15) is 16.1 Å². The van der Waals surface area contributed by atoms with Crippen molar-refractivity contribution in [3.8, 4) is 0 Å². The van der Waals surface area contributed by atoms with Crippen molar-refractivity contribution >= 4 is 25.8 Å². The average Bonchev–Trinajstić information content (AvgIpc) is 2.90.